The molecule has 0 saturated carbocycles. The molecule has 0 atom stereocenters. The van der Waals surface area contributed by atoms with Gasteiger partial charge in [-0.1, -0.05) is 12.1 Å². The van der Waals surface area contributed by atoms with E-state index in [2.05, 4.69) is 11.5 Å². The van der Waals surface area contributed by atoms with Crippen molar-refractivity contribution in [3.05, 3.63) is 46.4 Å². The maximum Gasteiger partial charge on any atom is 0.151 e. The third kappa shape index (κ3) is 0.943. The minimum atomic E-state index is 0.671. The van der Waals surface area contributed by atoms with Crippen LogP contribution < -0.4 is 10.4 Å². The summed E-state index contributed by atoms with van der Waals surface area (Å²) < 4.78 is 0. The number of carbonyl (C=O) groups is 1. The second kappa shape index (κ2) is 2.67. The maximum atomic E-state index is 10.6. The van der Waals surface area contributed by atoms with E-state index in [1.165, 1.54) is 0 Å². The lowest BCUT2D eigenvalue weighted by atomic mass is 10.1. The van der Waals surface area contributed by atoms with Crippen LogP contribution in [0.15, 0.2) is 30.4 Å². The van der Waals surface area contributed by atoms with Crippen molar-refractivity contribution in [2.75, 3.05) is 0 Å². The lowest BCUT2D eigenvalue weighted by molar-refractivity contribution is 0.112. The van der Waals surface area contributed by atoms with E-state index in [1.54, 1.807) is 18.2 Å². The van der Waals surface area contributed by atoms with Crippen LogP contribution in [0.4, 0.5) is 0 Å². The third-order valence-electron chi connectivity index (χ3n) is 1.77. The highest BCUT2D eigenvalue weighted by atomic mass is 16.1. The fourth-order valence-electron chi connectivity index (χ4n) is 1.21. The number of hydrogen-bond acceptors (Lipinski definition) is 1. The summed E-state index contributed by atoms with van der Waals surface area (Å²) in [7, 11) is 0. The summed E-state index contributed by atoms with van der Waals surface area (Å²) in [5.41, 5.74) is 6.71. The zero-order valence-electron chi connectivity index (χ0n) is 6.37. The number of hydrogen-bond donors (Lipinski definition) is 0. The number of fused-ring (bicyclic) bond motifs is 1. The van der Waals surface area contributed by atoms with E-state index in [1.807, 2.05) is 12.1 Å². The van der Waals surface area contributed by atoms with Gasteiger partial charge in [0.15, 0.2) is 6.29 Å². The first-order valence-corrected chi connectivity index (χ1v) is 3.68. The molecule has 0 spiro atoms. The Morgan fingerprint density at radius 3 is 2.83 bits per heavy atom. The molecule has 0 N–H and O–H groups in total. The summed E-state index contributed by atoms with van der Waals surface area (Å²) >= 11 is 0. The molecule has 0 saturated heterocycles. The Kier molecular flexibility index (Phi) is 1.53. The maximum absolute atomic E-state index is 10.6. The molecule has 0 unspecified atom stereocenters. The molecule has 0 amide bonds. The van der Waals surface area contributed by atoms with E-state index in [0.29, 0.717) is 5.56 Å². The van der Waals surface area contributed by atoms with Crippen LogP contribution in [-0.2, 0) is 0 Å². The molecule has 1 aliphatic carbocycles. The van der Waals surface area contributed by atoms with Crippen molar-refractivity contribution < 1.29 is 4.79 Å². The number of allylic oxidation sites excluding steroid dienone is 2. The summed E-state index contributed by atoms with van der Waals surface area (Å²) in [6.07, 6.45) is 4.39. The van der Waals surface area contributed by atoms with Gasteiger partial charge < -0.3 is 0 Å². The van der Waals surface area contributed by atoms with Gasteiger partial charge in [0.2, 0.25) is 0 Å². The van der Waals surface area contributed by atoms with Crippen molar-refractivity contribution in [3.63, 3.8) is 0 Å². The van der Waals surface area contributed by atoms with Crippen molar-refractivity contribution in [1.29, 1.82) is 0 Å². The van der Waals surface area contributed by atoms with Crippen LogP contribution in [0, 0.1) is 0 Å². The highest BCUT2D eigenvalue weighted by molar-refractivity contribution is 5.75. The summed E-state index contributed by atoms with van der Waals surface area (Å²) in [5, 5.41) is 1.78. The second-order valence-corrected chi connectivity index (χ2v) is 2.51. The summed E-state index contributed by atoms with van der Waals surface area (Å²) in [4.78, 5) is 10.6. The minimum absolute atomic E-state index is 0.671. The summed E-state index contributed by atoms with van der Waals surface area (Å²) in [6, 6.07) is 5.54. The standard InChI is InChI=1S/C11H6O/c12-8-10-6-3-5-9-4-1-2-7-11(9)10/h1-3,5-6,8H. The molecular weight excluding hydrogens is 148 g/mol. The van der Waals surface area contributed by atoms with Gasteiger partial charge in [-0.3, -0.25) is 4.79 Å². The molecule has 1 heteroatoms. The van der Waals surface area contributed by atoms with Crippen LogP contribution in [0.3, 0.4) is 0 Å². The first-order chi connectivity index (χ1) is 5.92. The molecule has 1 aromatic rings. The van der Waals surface area contributed by atoms with Crippen LogP contribution >= 0.6 is 0 Å². The van der Waals surface area contributed by atoms with Gasteiger partial charge in [-0.2, -0.15) is 0 Å². The molecule has 2 rings (SSSR count). The van der Waals surface area contributed by atoms with Gasteiger partial charge in [0.1, 0.15) is 0 Å². The van der Waals surface area contributed by atoms with Crippen LogP contribution in [-0.4, -0.2) is 6.29 Å². The summed E-state index contributed by atoms with van der Waals surface area (Å²) in [6.45, 7) is 0. The summed E-state index contributed by atoms with van der Waals surface area (Å²) in [5.74, 6) is 0. The van der Waals surface area contributed by atoms with Gasteiger partial charge in [0.05, 0.1) is 0 Å². The minimum Gasteiger partial charge on any atom is -0.298 e. The first kappa shape index (κ1) is 6.87. The molecule has 0 heterocycles. The van der Waals surface area contributed by atoms with E-state index in [0.717, 1.165) is 16.7 Å². The van der Waals surface area contributed by atoms with Gasteiger partial charge in [-0.05, 0) is 18.2 Å². The van der Waals surface area contributed by atoms with Crippen molar-refractivity contribution in [2.24, 2.45) is 0 Å². The van der Waals surface area contributed by atoms with Crippen molar-refractivity contribution in [2.45, 2.75) is 0 Å². The highest BCUT2D eigenvalue weighted by Gasteiger charge is 1.93. The molecule has 0 fully saturated rings. The Morgan fingerprint density at radius 2 is 2.00 bits per heavy atom. The number of carbonyl (C=O) groups excluding carboxylic acids is 1. The Hall–Kier alpha value is -1.81. The lowest BCUT2D eigenvalue weighted by Gasteiger charge is -1.91. The zero-order chi connectivity index (χ0) is 8.39. The van der Waals surface area contributed by atoms with Crippen molar-refractivity contribution >= 4 is 17.7 Å². The van der Waals surface area contributed by atoms with Crippen molar-refractivity contribution in [1.82, 2.24) is 0 Å². The van der Waals surface area contributed by atoms with Gasteiger partial charge in [-0.15, -0.1) is 11.5 Å². The molecule has 0 radical (unpaired) electrons. The quantitative estimate of drug-likeness (QED) is 0.534. The highest BCUT2D eigenvalue weighted by Crippen LogP contribution is 1.83. The number of aldehydes is 1. The van der Waals surface area contributed by atoms with Crippen LogP contribution in [0.2, 0.25) is 0 Å². The van der Waals surface area contributed by atoms with E-state index in [4.69, 9.17) is 0 Å². The molecule has 1 aromatic carbocycles. The normalized spacial score (nSPS) is 11.3. The molecule has 0 bridgehead atoms. The largest absolute Gasteiger partial charge is 0.298 e. The van der Waals surface area contributed by atoms with Crippen LogP contribution in [0.25, 0.3) is 11.5 Å². The fraction of sp³-hybridized carbons (Fsp3) is 0. The molecule has 0 aliphatic heterocycles. The van der Waals surface area contributed by atoms with Crippen molar-refractivity contribution in [3.8, 4) is 0 Å². The smallest absolute Gasteiger partial charge is 0.151 e. The van der Waals surface area contributed by atoms with E-state index in [9.17, 15) is 4.79 Å². The van der Waals surface area contributed by atoms with E-state index in [-0.39, 0.29) is 0 Å². The van der Waals surface area contributed by atoms with Crippen LogP contribution in [0.5, 0.6) is 0 Å². The van der Waals surface area contributed by atoms with Gasteiger partial charge in [0.25, 0.3) is 0 Å². The average Bonchev–Trinajstić information content (AvgIpc) is 2.17. The van der Waals surface area contributed by atoms with E-state index < -0.39 is 0 Å². The molecule has 0 aromatic heterocycles. The zero-order valence-corrected chi connectivity index (χ0v) is 6.37. The first-order valence-electron chi connectivity index (χ1n) is 3.68. The van der Waals surface area contributed by atoms with E-state index >= 15 is 0 Å². The Balaban J connectivity index is 3.08. The van der Waals surface area contributed by atoms with Crippen LogP contribution in [0.1, 0.15) is 10.4 Å². The molecule has 56 valence electrons. The molecule has 1 nitrogen and oxygen atoms in total. The predicted octanol–water partition coefficient (Wildman–Crippen LogP) is 0.384. The number of benzene rings is 1. The average molecular weight is 154 g/mol. The van der Waals surface area contributed by atoms with Gasteiger partial charge in [0, 0.05) is 16.0 Å². The number of rotatable bonds is 1. The lowest BCUT2D eigenvalue weighted by Crippen LogP contribution is -2.26. The molecule has 12 heavy (non-hydrogen) atoms. The fourth-order valence-corrected chi connectivity index (χ4v) is 1.21. The van der Waals surface area contributed by atoms with Gasteiger partial charge >= 0.3 is 0 Å². The molecular formula is C11H6O. The van der Waals surface area contributed by atoms with Gasteiger partial charge in [-0.25, -0.2) is 0 Å². The monoisotopic (exact) mass is 154 g/mol. The Labute approximate surface area is 69.7 Å². The topological polar surface area (TPSA) is 17.1 Å². The second-order valence-electron chi connectivity index (χ2n) is 2.51. The molecule has 1 aliphatic rings. The Morgan fingerprint density at radius 1 is 1.17 bits per heavy atom. The Bertz CT molecular complexity index is 510. The SMILES string of the molecule is O=Cc1cccc2c1=C=CC=C=2. The third-order valence-corrected chi connectivity index (χ3v) is 1.77. The predicted molar refractivity (Wildman–Crippen MR) is 47.0 cm³/mol.